The zero-order valence-electron chi connectivity index (χ0n) is 21.7. The number of aryl methyl sites for hydroxylation is 2. The molecular weight excluding hydrogens is 458 g/mol. The first kappa shape index (κ1) is 22.4. The molecule has 0 aromatic heterocycles. The molecule has 0 saturated heterocycles. The van der Waals surface area contributed by atoms with Gasteiger partial charge in [-0.15, -0.1) is 23.8 Å². The number of rotatable bonds is 1. The van der Waals surface area contributed by atoms with Crippen LogP contribution in [0.5, 0.6) is 23.0 Å². The molecule has 9 rings (SSSR count). The number of hydrogen-bond donors (Lipinski definition) is 0. The third-order valence-electron chi connectivity index (χ3n) is 8.51. The van der Waals surface area contributed by atoms with Crippen LogP contribution in [0.15, 0.2) is 66.7 Å². The van der Waals surface area contributed by atoms with Gasteiger partial charge in [0, 0.05) is 17.1 Å². The molecule has 0 bridgehead atoms. The zero-order valence-corrected chi connectivity index (χ0v) is 21.7. The molecule has 174 valence electrons. The Morgan fingerprint density at radius 2 is 1.58 bits per heavy atom. The van der Waals surface area contributed by atoms with Gasteiger partial charge in [0.25, 0.3) is 0 Å². The Balaban J connectivity index is 0.00000225. The summed E-state index contributed by atoms with van der Waals surface area (Å²) in [5, 5.41) is 0. The molecule has 2 nitrogen and oxygen atoms in total. The van der Waals surface area contributed by atoms with Gasteiger partial charge in [-0.2, -0.15) is 18.2 Å². The molecule has 0 atom stereocenters. The molecule has 0 radical (unpaired) electrons. The van der Waals surface area contributed by atoms with Crippen molar-refractivity contribution in [2.75, 3.05) is 0 Å². The summed E-state index contributed by atoms with van der Waals surface area (Å²) in [5.74, 6) is 3.62. The fraction of sp³-hybridized carbons (Fsp3) is 0.118. The number of ether oxygens (including phenoxy) is 2. The molecule has 0 unspecified atom stereocenters. The van der Waals surface area contributed by atoms with E-state index in [4.69, 9.17) is 9.47 Å². The average Bonchev–Trinajstić information content (AvgIpc) is 3.26. The van der Waals surface area contributed by atoms with Crippen molar-refractivity contribution in [3.63, 3.8) is 0 Å². The van der Waals surface area contributed by atoms with Gasteiger partial charge in [-0.05, 0) is 64.6 Å². The van der Waals surface area contributed by atoms with Gasteiger partial charge in [-0.3, -0.25) is 0 Å². The molecule has 0 amide bonds. The molecule has 4 heteroatoms. The SMILES string of the molecule is Cc1cc[c-]c(-c2[c-]c3c4c(c2)Oc2cccc5c2B4c2c(cc4c(c2O3)-c2cc(C)ccc2C4)C5)c1.[Li+]. The van der Waals surface area contributed by atoms with E-state index in [2.05, 4.69) is 86.6 Å². The topological polar surface area (TPSA) is 18.5 Å². The van der Waals surface area contributed by atoms with Crippen LogP contribution >= 0.6 is 0 Å². The van der Waals surface area contributed by atoms with E-state index in [-0.39, 0.29) is 25.6 Å². The quantitative estimate of drug-likeness (QED) is 0.267. The molecule has 3 aliphatic heterocycles. The van der Waals surface area contributed by atoms with Gasteiger partial charge in [-0.1, -0.05) is 54.3 Å². The summed E-state index contributed by atoms with van der Waals surface area (Å²) in [6.45, 7) is 4.38. The Labute approximate surface area is 234 Å². The molecule has 0 spiro atoms. The Kier molecular flexibility index (Phi) is 4.53. The van der Waals surface area contributed by atoms with E-state index in [1.807, 2.05) is 6.07 Å². The van der Waals surface area contributed by atoms with Crippen molar-refractivity contribution in [1.82, 2.24) is 0 Å². The van der Waals surface area contributed by atoms with Crippen molar-refractivity contribution in [3.8, 4) is 45.3 Å². The first-order valence-corrected chi connectivity index (χ1v) is 13.0. The maximum absolute atomic E-state index is 6.93. The molecule has 0 saturated carbocycles. The predicted octanol–water partition coefficient (Wildman–Crippen LogP) is 2.78. The van der Waals surface area contributed by atoms with Crippen LogP contribution in [0.2, 0.25) is 0 Å². The Morgan fingerprint density at radius 3 is 2.47 bits per heavy atom. The predicted molar refractivity (Wildman–Crippen MR) is 148 cm³/mol. The number of benzene rings is 5. The fourth-order valence-electron chi connectivity index (χ4n) is 6.96. The maximum Gasteiger partial charge on any atom is 1.00 e. The molecule has 0 N–H and O–H groups in total. The van der Waals surface area contributed by atoms with E-state index in [0.717, 1.165) is 52.4 Å². The van der Waals surface area contributed by atoms with Crippen LogP contribution in [0.25, 0.3) is 22.3 Å². The normalized spacial score (nSPS) is 14.0. The summed E-state index contributed by atoms with van der Waals surface area (Å²) in [4.78, 5) is 0. The average molecular weight is 479 g/mol. The van der Waals surface area contributed by atoms with Crippen molar-refractivity contribution in [2.45, 2.75) is 26.7 Å². The van der Waals surface area contributed by atoms with Gasteiger partial charge >= 0.3 is 18.9 Å². The summed E-state index contributed by atoms with van der Waals surface area (Å²) in [6.07, 6.45) is 1.86. The summed E-state index contributed by atoms with van der Waals surface area (Å²) in [6, 6.07) is 31.1. The summed E-state index contributed by atoms with van der Waals surface area (Å²) in [7, 11) is 0. The van der Waals surface area contributed by atoms with Crippen molar-refractivity contribution in [3.05, 3.63) is 112 Å². The second-order valence-electron chi connectivity index (χ2n) is 10.9. The van der Waals surface area contributed by atoms with E-state index < -0.39 is 0 Å². The van der Waals surface area contributed by atoms with Crippen LogP contribution in [-0.2, 0) is 12.8 Å². The van der Waals surface area contributed by atoms with Crippen molar-refractivity contribution < 1.29 is 28.3 Å². The van der Waals surface area contributed by atoms with Crippen molar-refractivity contribution in [1.29, 1.82) is 0 Å². The summed E-state index contributed by atoms with van der Waals surface area (Å²) in [5.41, 5.74) is 16.2. The van der Waals surface area contributed by atoms with Crippen LogP contribution in [0.3, 0.4) is 0 Å². The van der Waals surface area contributed by atoms with E-state index >= 15 is 0 Å². The van der Waals surface area contributed by atoms with Crippen LogP contribution in [0.4, 0.5) is 0 Å². The third-order valence-corrected chi connectivity index (χ3v) is 8.51. The molecule has 3 heterocycles. The minimum absolute atomic E-state index is 0. The Bertz CT molecular complexity index is 1870. The molecule has 38 heavy (non-hydrogen) atoms. The molecule has 5 aromatic carbocycles. The molecule has 0 fully saturated rings. The van der Waals surface area contributed by atoms with E-state index in [1.54, 1.807) is 0 Å². The summed E-state index contributed by atoms with van der Waals surface area (Å²) >= 11 is 0. The van der Waals surface area contributed by atoms with Crippen molar-refractivity contribution >= 4 is 23.1 Å². The second kappa shape index (κ2) is 7.70. The molecular formula is C34H21BLiO2-. The second-order valence-corrected chi connectivity index (χ2v) is 10.9. The van der Waals surface area contributed by atoms with Gasteiger partial charge in [0.15, 0.2) is 0 Å². The van der Waals surface area contributed by atoms with Crippen LogP contribution in [-0.4, -0.2) is 6.71 Å². The standard InChI is InChI=1S/C34H21BO2.Li/c1-18-5-3-6-20(11-18)23-16-28-33-29(17-23)37-34-30-24(13-21-10-9-19(2)12-26(21)30)15-25-14-22-7-4-8-27(36-28)31(22)35(33)32(25)34;/h3-5,7-12,15-16H,13-14H2,1-2H3;/q-2;+1. The molecule has 5 aromatic rings. The van der Waals surface area contributed by atoms with Gasteiger partial charge in [0.05, 0.1) is 0 Å². The zero-order chi connectivity index (χ0) is 24.4. The Morgan fingerprint density at radius 1 is 0.711 bits per heavy atom. The van der Waals surface area contributed by atoms with E-state index in [1.165, 1.54) is 55.4 Å². The van der Waals surface area contributed by atoms with E-state index in [9.17, 15) is 0 Å². The van der Waals surface area contributed by atoms with E-state index in [0.29, 0.717) is 0 Å². The van der Waals surface area contributed by atoms with Gasteiger partial charge in [0.2, 0.25) is 6.71 Å². The maximum atomic E-state index is 6.93. The van der Waals surface area contributed by atoms with Gasteiger partial charge in [0.1, 0.15) is 11.5 Å². The molecule has 1 aliphatic carbocycles. The first-order chi connectivity index (χ1) is 18.1. The smallest absolute Gasteiger partial charge is 0.478 e. The third kappa shape index (κ3) is 2.87. The summed E-state index contributed by atoms with van der Waals surface area (Å²) < 4.78 is 13.5. The minimum Gasteiger partial charge on any atom is -0.478 e. The van der Waals surface area contributed by atoms with Crippen LogP contribution < -0.4 is 44.7 Å². The monoisotopic (exact) mass is 479 g/mol. The fourth-order valence-corrected chi connectivity index (χ4v) is 6.96. The van der Waals surface area contributed by atoms with Gasteiger partial charge in [-0.25, -0.2) is 11.1 Å². The Hall–Kier alpha value is -3.64. The first-order valence-electron chi connectivity index (χ1n) is 13.0. The van der Waals surface area contributed by atoms with Crippen LogP contribution in [0.1, 0.15) is 33.4 Å². The number of hydrogen-bond acceptors (Lipinski definition) is 2. The molecule has 4 aliphatic rings. The largest absolute Gasteiger partial charge is 1.00 e. The van der Waals surface area contributed by atoms with Crippen LogP contribution in [0, 0.1) is 26.0 Å². The number of fused-ring (bicyclic) bond motifs is 4. The minimum atomic E-state index is 0. The van der Waals surface area contributed by atoms with Gasteiger partial charge < -0.3 is 9.47 Å². The van der Waals surface area contributed by atoms with Crippen molar-refractivity contribution in [2.24, 2.45) is 0 Å².